The van der Waals surface area contributed by atoms with Crippen LogP contribution >= 0.6 is 23.1 Å². The third kappa shape index (κ3) is 3.31. The van der Waals surface area contributed by atoms with Crippen molar-refractivity contribution in [3.05, 3.63) is 53.8 Å². The van der Waals surface area contributed by atoms with Gasteiger partial charge in [0.15, 0.2) is 11.6 Å². The number of aryl methyl sites for hydroxylation is 1. The van der Waals surface area contributed by atoms with Gasteiger partial charge in [0.1, 0.15) is 5.03 Å². The number of nitrogens with two attached hydrogens (primary N) is 1. The van der Waals surface area contributed by atoms with Gasteiger partial charge in [-0.1, -0.05) is 13.0 Å². The molecule has 0 fully saturated rings. The average Bonchev–Trinajstić information content (AvgIpc) is 3.33. The number of thiophene rings is 1. The summed E-state index contributed by atoms with van der Waals surface area (Å²) in [6.07, 6.45) is 4.27. The molecule has 0 saturated heterocycles. The molecular formula is C17H15N7S2. The van der Waals surface area contributed by atoms with E-state index in [0.717, 1.165) is 27.6 Å². The van der Waals surface area contributed by atoms with E-state index in [0.29, 0.717) is 16.8 Å². The molecule has 0 aliphatic heterocycles. The summed E-state index contributed by atoms with van der Waals surface area (Å²) in [6, 6.07) is 9.66. The number of hydrogen-bond acceptors (Lipinski definition) is 8. The third-order valence-corrected chi connectivity index (χ3v) is 5.40. The quantitative estimate of drug-likeness (QED) is 0.418. The summed E-state index contributed by atoms with van der Waals surface area (Å²) in [5, 5.41) is 11.8. The van der Waals surface area contributed by atoms with Crippen LogP contribution in [0, 0.1) is 0 Å². The van der Waals surface area contributed by atoms with Gasteiger partial charge in [0.2, 0.25) is 5.16 Å². The Kier molecular flexibility index (Phi) is 4.63. The average molecular weight is 381 g/mol. The summed E-state index contributed by atoms with van der Waals surface area (Å²) in [5.41, 5.74) is 1.88. The standard InChI is InChI=1S/C17H15N7S2/c1-2-12-10-14(21-15(20-12)11-5-7-19-8-6-11)26-17-23-22-16(24(17)18)13-4-3-9-25-13/h3-10H,2,18H2,1H3. The van der Waals surface area contributed by atoms with E-state index in [9.17, 15) is 0 Å². The Hall–Kier alpha value is -2.78. The van der Waals surface area contributed by atoms with Crippen molar-refractivity contribution in [1.29, 1.82) is 0 Å². The zero-order valence-electron chi connectivity index (χ0n) is 13.9. The number of nitrogens with zero attached hydrogens (tertiary/aromatic N) is 6. The van der Waals surface area contributed by atoms with Gasteiger partial charge in [-0.2, -0.15) is 0 Å². The molecule has 26 heavy (non-hydrogen) atoms. The van der Waals surface area contributed by atoms with E-state index in [1.54, 1.807) is 23.7 Å². The first-order valence-corrected chi connectivity index (χ1v) is 9.65. The Balaban J connectivity index is 1.69. The van der Waals surface area contributed by atoms with Gasteiger partial charge in [-0.25, -0.2) is 14.6 Å². The molecule has 9 heteroatoms. The molecule has 7 nitrogen and oxygen atoms in total. The number of hydrogen-bond donors (Lipinski definition) is 1. The predicted molar refractivity (Wildman–Crippen MR) is 102 cm³/mol. The molecule has 0 bridgehead atoms. The van der Waals surface area contributed by atoms with E-state index in [2.05, 4.69) is 32.1 Å². The summed E-state index contributed by atoms with van der Waals surface area (Å²) in [4.78, 5) is 14.3. The first-order chi connectivity index (χ1) is 12.7. The van der Waals surface area contributed by atoms with Crippen LogP contribution in [0.2, 0.25) is 0 Å². The van der Waals surface area contributed by atoms with Crippen molar-refractivity contribution in [2.24, 2.45) is 0 Å². The molecule has 0 aliphatic rings. The molecule has 0 amide bonds. The smallest absolute Gasteiger partial charge is 0.216 e. The highest BCUT2D eigenvalue weighted by Crippen LogP contribution is 2.30. The molecule has 0 aromatic carbocycles. The highest BCUT2D eigenvalue weighted by Gasteiger charge is 2.15. The summed E-state index contributed by atoms with van der Waals surface area (Å²) in [5.74, 6) is 7.49. The van der Waals surface area contributed by atoms with Crippen molar-refractivity contribution in [2.75, 3.05) is 5.84 Å². The Labute approximate surface area is 158 Å². The summed E-state index contributed by atoms with van der Waals surface area (Å²) in [6.45, 7) is 2.06. The monoisotopic (exact) mass is 381 g/mol. The van der Waals surface area contributed by atoms with Crippen LogP contribution in [0.4, 0.5) is 0 Å². The van der Waals surface area contributed by atoms with Crippen LogP contribution < -0.4 is 5.84 Å². The van der Waals surface area contributed by atoms with Crippen LogP contribution in [0.25, 0.3) is 22.1 Å². The molecule has 4 aromatic rings. The fraction of sp³-hybridized carbons (Fsp3) is 0.118. The van der Waals surface area contributed by atoms with Gasteiger partial charge >= 0.3 is 0 Å². The number of nitrogen functional groups attached to an aromatic ring is 1. The topological polar surface area (TPSA) is 95.4 Å². The SMILES string of the molecule is CCc1cc(Sc2nnc(-c3cccs3)n2N)nc(-c2ccncc2)n1. The predicted octanol–water partition coefficient (Wildman–Crippen LogP) is 3.29. The molecule has 0 aliphatic carbocycles. The van der Waals surface area contributed by atoms with Crippen molar-refractivity contribution >= 4 is 23.1 Å². The van der Waals surface area contributed by atoms with Gasteiger partial charge in [-0.15, -0.1) is 21.5 Å². The van der Waals surface area contributed by atoms with Gasteiger partial charge in [0.25, 0.3) is 0 Å². The molecule has 2 N–H and O–H groups in total. The fourth-order valence-electron chi connectivity index (χ4n) is 2.35. The van der Waals surface area contributed by atoms with Crippen molar-refractivity contribution in [1.82, 2.24) is 29.8 Å². The maximum atomic E-state index is 6.19. The van der Waals surface area contributed by atoms with E-state index in [1.165, 1.54) is 16.4 Å². The molecule has 0 saturated carbocycles. The Morgan fingerprint density at radius 3 is 2.73 bits per heavy atom. The van der Waals surface area contributed by atoms with Gasteiger partial charge in [0, 0.05) is 23.7 Å². The zero-order valence-corrected chi connectivity index (χ0v) is 15.5. The van der Waals surface area contributed by atoms with Gasteiger partial charge in [-0.3, -0.25) is 4.98 Å². The van der Waals surface area contributed by atoms with Crippen LogP contribution in [0.1, 0.15) is 12.6 Å². The lowest BCUT2D eigenvalue weighted by Gasteiger charge is -2.07. The fourth-order valence-corrected chi connectivity index (χ4v) is 3.84. The van der Waals surface area contributed by atoms with Crippen LogP contribution in [0.15, 0.2) is 58.3 Å². The van der Waals surface area contributed by atoms with E-state index in [1.807, 2.05) is 35.7 Å². The second-order valence-corrected chi connectivity index (χ2v) is 7.30. The maximum Gasteiger partial charge on any atom is 0.216 e. The summed E-state index contributed by atoms with van der Waals surface area (Å²) >= 11 is 2.94. The van der Waals surface area contributed by atoms with Gasteiger partial charge in [-0.05, 0) is 47.8 Å². The summed E-state index contributed by atoms with van der Waals surface area (Å²) < 4.78 is 1.50. The van der Waals surface area contributed by atoms with Gasteiger partial charge < -0.3 is 5.84 Å². The van der Waals surface area contributed by atoms with E-state index < -0.39 is 0 Å². The summed E-state index contributed by atoms with van der Waals surface area (Å²) in [7, 11) is 0. The van der Waals surface area contributed by atoms with Crippen LogP contribution in [-0.2, 0) is 6.42 Å². The second kappa shape index (κ2) is 7.22. The Morgan fingerprint density at radius 1 is 1.15 bits per heavy atom. The minimum atomic E-state index is 0.579. The van der Waals surface area contributed by atoms with Crippen molar-refractivity contribution < 1.29 is 0 Å². The molecule has 130 valence electrons. The molecule has 4 rings (SSSR count). The van der Waals surface area contributed by atoms with Crippen LogP contribution in [0.5, 0.6) is 0 Å². The second-order valence-electron chi connectivity index (χ2n) is 5.37. The molecule has 0 radical (unpaired) electrons. The molecule has 4 aromatic heterocycles. The van der Waals surface area contributed by atoms with E-state index in [4.69, 9.17) is 5.84 Å². The van der Waals surface area contributed by atoms with Gasteiger partial charge in [0.05, 0.1) is 4.88 Å². The van der Waals surface area contributed by atoms with Crippen molar-refractivity contribution in [3.8, 4) is 22.1 Å². The third-order valence-electron chi connectivity index (χ3n) is 3.66. The minimum Gasteiger partial charge on any atom is -0.335 e. The minimum absolute atomic E-state index is 0.579. The number of rotatable bonds is 5. The first kappa shape index (κ1) is 16.7. The normalized spacial score (nSPS) is 11.0. The zero-order chi connectivity index (χ0) is 17.9. The van der Waals surface area contributed by atoms with E-state index in [-0.39, 0.29) is 0 Å². The molecule has 0 atom stereocenters. The van der Waals surface area contributed by atoms with Crippen LogP contribution in [-0.4, -0.2) is 29.8 Å². The number of aromatic nitrogens is 6. The van der Waals surface area contributed by atoms with Crippen molar-refractivity contribution in [3.63, 3.8) is 0 Å². The lowest BCUT2D eigenvalue weighted by molar-refractivity contribution is 0.846. The molecule has 0 spiro atoms. The van der Waals surface area contributed by atoms with Crippen LogP contribution in [0.3, 0.4) is 0 Å². The molecule has 4 heterocycles. The lowest BCUT2D eigenvalue weighted by atomic mass is 10.2. The van der Waals surface area contributed by atoms with Crippen molar-refractivity contribution in [2.45, 2.75) is 23.5 Å². The number of pyridine rings is 1. The Bertz CT molecular complexity index is 1010. The lowest BCUT2D eigenvalue weighted by Crippen LogP contribution is -2.11. The Morgan fingerprint density at radius 2 is 2.00 bits per heavy atom. The van der Waals surface area contributed by atoms with E-state index >= 15 is 0 Å². The molecule has 0 unspecified atom stereocenters. The largest absolute Gasteiger partial charge is 0.335 e. The molecular weight excluding hydrogens is 366 g/mol. The first-order valence-electron chi connectivity index (χ1n) is 7.95. The highest BCUT2D eigenvalue weighted by atomic mass is 32.2. The maximum absolute atomic E-state index is 6.19. The highest BCUT2D eigenvalue weighted by molar-refractivity contribution is 7.99.